The highest BCUT2D eigenvalue weighted by Crippen LogP contribution is 2.29. The van der Waals surface area contributed by atoms with Crippen LogP contribution in [0.25, 0.3) is 0 Å². The van der Waals surface area contributed by atoms with Gasteiger partial charge >= 0.3 is 6.18 Å². The van der Waals surface area contributed by atoms with Crippen LogP contribution in [0, 0.1) is 0 Å². The molecule has 0 aromatic heterocycles. The number of rotatable bonds is 3. The van der Waals surface area contributed by atoms with Crippen molar-refractivity contribution in [2.45, 2.75) is 6.18 Å². The van der Waals surface area contributed by atoms with Gasteiger partial charge in [0.25, 0.3) is 0 Å². The summed E-state index contributed by atoms with van der Waals surface area (Å²) < 4.78 is 36.4. The van der Waals surface area contributed by atoms with Crippen molar-refractivity contribution in [1.29, 1.82) is 0 Å². The molecule has 1 aromatic carbocycles. The first kappa shape index (κ1) is 11.2. The van der Waals surface area contributed by atoms with Gasteiger partial charge in [-0.25, -0.2) is 0 Å². The number of benzene rings is 1. The van der Waals surface area contributed by atoms with Crippen molar-refractivity contribution in [1.82, 2.24) is 0 Å². The van der Waals surface area contributed by atoms with Gasteiger partial charge in [0.2, 0.25) is 0 Å². The maximum atomic E-state index is 12.1. The van der Waals surface area contributed by atoms with Gasteiger partial charge in [-0.05, 0) is 24.3 Å². The van der Waals surface area contributed by atoms with Gasteiger partial charge in [-0.3, -0.25) is 0 Å². The van der Waals surface area contributed by atoms with E-state index in [-0.39, 0.29) is 0 Å². The number of hydrogen-bond acceptors (Lipinski definition) is 1. The molecule has 0 saturated carbocycles. The lowest BCUT2D eigenvalue weighted by Gasteiger charge is -2.08. The SMILES string of the molecule is FC(F)(F)c1ccc(NCCCl)cc1. The molecule has 0 bridgehead atoms. The highest BCUT2D eigenvalue weighted by molar-refractivity contribution is 6.18. The molecule has 0 aliphatic carbocycles. The molecule has 0 saturated heterocycles. The Kier molecular flexibility index (Phi) is 3.63. The van der Waals surface area contributed by atoms with Gasteiger partial charge in [-0.2, -0.15) is 13.2 Å². The number of halogens is 4. The largest absolute Gasteiger partial charge is 0.416 e. The van der Waals surface area contributed by atoms with Crippen molar-refractivity contribution in [3.63, 3.8) is 0 Å². The molecule has 0 amide bonds. The van der Waals surface area contributed by atoms with Crippen LogP contribution in [-0.2, 0) is 6.18 Å². The minimum atomic E-state index is -4.27. The second-order valence-corrected chi connectivity index (χ2v) is 3.07. The van der Waals surface area contributed by atoms with E-state index in [1.165, 1.54) is 12.1 Å². The van der Waals surface area contributed by atoms with Gasteiger partial charge in [-0.15, -0.1) is 11.6 Å². The summed E-state index contributed by atoms with van der Waals surface area (Å²) in [6.45, 7) is 0.535. The Morgan fingerprint density at radius 1 is 1.14 bits per heavy atom. The lowest BCUT2D eigenvalue weighted by atomic mass is 10.2. The minimum Gasteiger partial charge on any atom is -0.384 e. The Morgan fingerprint density at radius 2 is 1.71 bits per heavy atom. The predicted octanol–water partition coefficient (Wildman–Crippen LogP) is 3.36. The molecule has 0 radical (unpaired) electrons. The van der Waals surface area contributed by atoms with E-state index in [2.05, 4.69) is 5.32 Å². The fourth-order valence-electron chi connectivity index (χ4n) is 0.969. The average Bonchev–Trinajstić information content (AvgIpc) is 2.14. The van der Waals surface area contributed by atoms with Crippen LogP contribution in [0.2, 0.25) is 0 Å². The van der Waals surface area contributed by atoms with Crippen LogP contribution in [0.15, 0.2) is 24.3 Å². The molecule has 0 unspecified atom stereocenters. The summed E-state index contributed by atoms with van der Waals surface area (Å²) in [4.78, 5) is 0. The van der Waals surface area contributed by atoms with E-state index in [1.807, 2.05) is 0 Å². The van der Waals surface area contributed by atoms with Crippen LogP contribution in [0.5, 0.6) is 0 Å². The Hall–Kier alpha value is -0.900. The first-order valence-electron chi connectivity index (χ1n) is 4.01. The maximum Gasteiger partial charge on any atom is 0.416 e. The molecule has 14 heavy (non-hydrogen) atoms. The maximum absolute atomic E-state index is 12.1. The fourth-order valence-corrected chi connectivity index (χ4v) is 1.06. The molecular weight excluding hydrogens is 215 g/mol. The molecule has 1 rings (SSSR count). The standard InChI is InChI=1S/C9H9ClF3N/c10-5-6-14-8-3-1-7(2-4-8)9(11,12)13/h1-4,14H,5-6H2. The smallest absolute Gasteiger partial charge is 0.384 e. The van der Waals surface area contributed by atoms with E-state index >= 15 is 0 Å². The fraction of sp³-hybridized carbons (Fsp3) is 0.333. The minimum absolute atomic E-state index is 0.418. The molecule has 0 aliphatic rings. The van der Waals surface area contributed by atoms with E-state index in [1.54, 1.807) is 0 Å². The molecule has 0 aliphatic heterocycles. The lowest BCUT2D eigenvalue weighted by Crippen LogP contribution is -2.06. The Balaban J connectivity index is 2.69. The van der Waals surface area contributed by atoms with Crippen LogP contribution >= 0.6 is 11.6 Å². The molecule has 78 valence electrons. The average molecular weight is 224 g/mol. The summed E-state index contributed by atoms with van der Waals surface area (Å²) in [5.41, 5.74) is -0.00688. The molecule has 0 atom stereocenters. The first-order valence-corrected chi connectivity index (χ1v) is 4.54. The summed E-state index contributed by atoms with van der Waals surface area (Å²) in [6, 6.07) is 4.85. The quantitative estimate of drug-likeness (QED) is 0.775. The summed E-state index contributed by atoms with van der Waals surface area (Å²) in [6.07, 6.45) is -4.27. The van der Waals surface area contributed by atoms with Crippen LogP contribution in [0.1, 0.15) is 5.56 Å². The van der Waals surface area contributed by atoms with Crippen LogP contribution in [0.4, 0.5) is 18.9 Å². The summed E-state index contributed by atoms with van der Waals surface area (Å²) >= 11 is 5.41. The van der Waals surface area contributed by atoms with Crippen molar-refractivity contribution < 1.29 is 13.2 Å². The number of anilines is 1. The number of alkyl halides is 4. The summed E-state index contributed by atoms with van der Waals surface area (Å²) in [5.74, 6) is 0.418. The van der Waals surface area contributed by atoms with Crippen molar-refractivity contribution in [3.05, 3.63) is 29.8 Å². The van der Waals surface area contributed by atoms with Gasteiger partial charge < -0.3 is 5.32 Å². The molecule has 1 nitrogen and oxygen atoms in total. The van der Waals surface area contributed by atoms with E-state index < -0.39 is 11.7 Å². The zero-order valence-corrected chi connectivity index (χ0v) is 7.99. The molecule has 0 spiro atoms. The van der Waals surface area contributed by atoms with Gasteiger partial charge in [0.05, 0.1) is 5.56 Å². The van der Waals surface area contributed by atoms with Crippen LogP contribution in [0.3, 0.4) is 0 Å². The topological polar surface area (TPSA) is 12.0 Å². The third-order valence-corrected chi connectivity index (χ3v) is 1.82. The van der Waals surface area contributed by atoms with Crippen molar-refractivity contribution in [3.8, 4) is 0 Å². The molecule has 1 aromatic rings. The second kappa shape index (κ2) is 4.55. The normalized spacial score (nSPS) is 11.4. The zero-order valence-electron chi connectivity index (χ0n) is 7.24. The monoisotopic (exact) mass is 223 g/mol. The van der Waals surface area contributed by atoms with E-state index in [0.717, 1.165) is 12.1 Å². The molecule has 0 heterocycles. The third-order valence-electron chi connectivity index (χ3n) is 1.64. The zero-order chi connectivity index (χ0) is 10.6. The van der Waals surface area contributed by atoms with Crippen molar-refractivity contribution in [2.75, 3.05) is 17.7 Å². The van der Waals surface area contributed by atoms with Gasteiger partial charge in [-0.1, -0.05) is 0 Å². The van der Waals surface area contributed by atoms with Gasteiger partial charge in [0, 0.05) is 18.1 Å². The first-order chi connectivity index (χ1) is 6.54. The summed E-state index contributed by atoms with van der Waals surface area (Å²) in [7, 11) is 0. The van der Waals surface area contributed by atoms with Crippen LogP contribution in [-0.4, -0.2) is 12.4 Å². The van der Waals surface area contributed by atoms with Crippen LogP contribution < -0.4 is 5.32 Å². The highest BCUT2D eigenvalue weighted by atomic mass is 35.5. The van der Waals surface area contributed by atoms with Gasteiger partial charge in [0.1, 0.15) is 0 Å². The Morgan fingerprint density at radius 3 is 2.14 bits per heavy atom. The third kappa shape index (κ3) is 3.10. The molecule has 1 N–H and O–H groups in total. The van der Waals surface area contributed by atoms with E-state index in [0.29, 0.717) is 18.1 Å². The number of nitrogens with one attached hydrogen (secondary N) is 1. The lowest BCUT2D eigenvalue weighted by molar-refractivity contribution is -0.137. The number of hydrogen-bond donors (Lipinski definition) is 1. The Bertz CT molecular complexity index is 281. The van der Waals surface area contributed by atoms with E-state index in [4.69, 9.17) is 11.6 Å². The predicted molar refractivity (Wildman–Crippen MR) is 50.7 cm³/mol. The van der Waals surface area contributed by atoms with Gasteiger partial charge in [0.15, 0.2) is 0 Å². The molecule has 5 heteroatoms. The van der Waals surface area contributed by atoms with Crippen molar-refractivity contribution in [2.24, 2.45) is 0 Å². The summed E-state index contributed by atoms with van der Waals surface area (Å²) in [5, 5.41) is 2.87. The Labute approximate surface area is 84.9 Å². The molecule has 0 fully saturated rings. The van der Waals surface area contributed by atoms with Crippen molar-refractivity contribution >= 4 is 17.3 Å². The van der Waals surface area contributed by atoms with E-state index in [9.17, 15) is 13.2 Å². The second-order valence-electron chi connectivity index (χ2n) is 2.69. The molecular formula is C9H9ClF3N. The highest BCUT2D eigenvalue weighted by Gasteiger charge is 2.29.